The maximum absolute atomic E-state index is 9.18. The van der Waals surface area contributed by atoms with Gasteiger partial charge in [0.15, 0.2) is 0 Å². The smallest absolute Gasteiger partial charge is 0.141 e. The van der Waals surface area contributed by atoms with E-state index in [1.54, 1.807) is 12.7 Å². The van der Waals surface area contributed by atoms with E-state index in [-0.39, 0.29) is 12.1 Å². The summed E-state index contributed by atoms with van der Waals surface area (Å²) in [5, 5.41) is 29.4. The largest absolute Gasteiger partial charge is 0.346 e. The van der Waals surface area contributed by atoms with E-state index in [2.05, 4.69) is 52.2 Å². The van der Waals surface area contributed by atoms with Gasteiger partial charge in [-0.25, -0.2) is 19.9 Å². The Labute approximate surface area is 266 Å². The summed E-state index contributed by atoms with van der Waals surface area (Å²) in [5.74, 6) is 1.11. The van der Waals surface area contributed by atoms with Gasteiger partial charge >= 0.3 is 0 Å². The van der Waals surface area contributed by atoms with Gasteiger partial charge in [0.05, 0.1) is 60.8 Å². The van der Waals surface area contributed by atoms with Crippen molar-refractivity contribution in [2.75, 3.05) is 0 Å². The summed E-state index contributed by atoms with van der Waals surface area (Å²) in [6, 6.07) is 8.94. The number of H-pyrrole nitrogens is 2. The van der Waals surface area contributed by atoms with Gasteiger partial charge in [0.2, 0.25) is 0 Å². The van der Waals surface area contributed by atoms with Crippen LogP contribution in [0.5, 0.6) is 0 Å². The Bertz CT molecular complexity index is 1840. The number of nitrogens with one attached hydrogen (secondary N) is 2. The highest BCUT2D eigenvalue weighted by molar-refractivity contribution is 5.90. The third-order valence-electron chi connectivity index (χ3n) is 9.63. The van der Waals surface area contributed by atoms with Gasteiger partial charge in [0.1, 0.15) is 23.9 Å². The number of aromatic amines is 2. The van der Waals surface area contributed by atoms with Crippen molar-refractivity contribution in [2.45, 2.75) is 76.3 Å². The SMILES string of the molecule is N#CC[C@@H](C1CCCC1)n1cc(-c2ncnc3[nH]ccc23)cn1.N#CC[C@H](C1CCCC1)n1cc(-c2ncnc3[nH]ccc23)cn1. The van der Waals surface area contributed by atoms with Crippen molar-refractivity contribution < 1.29 is 0 Å². The number of aromatic nitrogens is 10. The van der Waals surface area contributed by atoms with E-state index in [0.29, 0.717) is 24.7 Å². The number of nitriles is 2. The van der Waals surface area contributed by atoms with Gasteiger partial charge in [-0.2, -0.15) is 20.7 Å². The second-order valence-corrected chi connectivity index (χ2v) is 12.3. The van der Waals surface area contributed by atoms with E-state index in [1.165, 1.54) is 51.4 Å². The molecule has 2 fully saturated rings. The summed E-state index contributed by atoms with van der Waals surface area (Å²) >= 11 is 0. The van der Waals surface area contributed by atoms with Crippen LogP contribution in [0.4, 0.5) is 0 Å². The summed E-state index contributed by atoms with van der Waals surface area (Å²) < 4.78 is 3.93. The van der Waals surface area contributed by atoms with Gasteiger partial charge in [-0.15, -0.1) is 0 Å². The zero-order valence-electron chi connectivity index (χ0n) is 25.6. The van der Waals surface area contributed by atoms with E-state index in [4.69, 9.17) is 0 Å². The fourth-order valence-electron chi connectivity index (χ4n) is 7.31. The predicted octanol–water partition coefficient (Wildman–Crippen LogP) is 6.93. The van der Waals surface area contributed by atoms with Crippen molar-refractivity contribution >= 4 is 22.1 Å². The molecule has 8 rings (SSSR count). The van der Waals surface area contributed by atoms with Gasteiger partial charge in [0, 0.05) is 46.7 Å². The van der Waals surface area contributed by atoms with Gasteiger partial charge in [0.25, 0.3) is 0 Å². The van der Waals surface area contributed by atoms with Crippen LogP contribution in [-0.4, -0.2) is 49.5 Å². The quantitative estimate of drug-likeness (QED) is 0.186. The highest BCUT2D eigenvalue weighted by atomic mass is 15.3. The third kappa shape index (κ3) is 5.86. The van der Waals surface area contributed by atoms with E-state index < -0.39 is 0 Å². The van der Waals surface area contributed by atoms with Crippen molar-refractivity contribution in [3.63, 3.8) is 0 Å². The first-order valence-electron chi connectivity index (χ1n) is 16.1. The van der Waals surface area contributed by atoms with Crippen LogP contribution in [0.25, 0.3) is 44.6 Å². The third-order valence-corrected chi connectivity index (χ3v) is 9.63. The number of fused-ring (bicyclic) bond motifs is 2. The molecule has 2 N–H and O–H groups in total. The summed E-state index contributed by atoms with van der Waals surface area (Å²) in [7, 11) is 0. The molecule has 2 atom stereocenters. The van der Waals surface area contributed by atoms with Crippen LogP contribution >= 0.6 is 0 Å². The Kier molecular flexibility index (Phi) is 8.51. The van der Waals surface area contributed by atoms with Crippen LogP contribution in [-0.2, 0) is 0 Å². The van der Waals surface area contributed by atoms with Crippen LogP contribution in [0.2, 0.25) is 0 Å². The predicted molar refractivity (Wildman–Crippen MR) is 173 cm³/mol. The monoisotopic (exact) mass is 612 g/mol. The van der Waals surface area contributed by atoms with Crippen molar-refractivity contribution in [3.8, 4) is 34.7 Å². The minimum absolute atomic E-state index is 0.166. The zero-order chi connectivity index (χ0) is 31.3. The molecule has 0 unspecified atom stereocenters. The van der Waals surface area contributed by atoms with Crippen LogP contribution in [0.3, 0.4) is 0 Å². The topological polar surface area (TPSA) is 166 Å². The summed E-state index contributed by atoms with van der Waals surface area (Å²) in [6.45, 7) is 0. The second kappa shape index (κ2) is 13.3. The second-order valence-electron chi connectivity index (χ2n) is 12.3. The van der Waals surface area contributed by atoms with Crippen molar-refractivity contribution in [1.29, 1.82) is 10.5 Å². The molecular formula is C34H36N12. The van der Waals surface area contributed by atoms with Crippen LogP contribution in [0, 0.1) is 34.5 Å². The Morgan fingerprint density at radius 3 is 1.52 bits per heavy atom. The molecule has 232 valence electrons. The van der Waals surface area contributed by atoms with Gasteiger partial charge < -0.3 is 9.97 Å². The first-order chi connectivity index (χ1) is 22.7. The summed E-state index contributed by atoms with van der Waals surface area (Å²) in [4.78, 5) is 23.5. The van der Waals surface area contributed by atoms with Crippen molar-refractivity contribution in [1.82, 2.24) is 49.5 Å². The fraction of sp³-hybridized carbons (Fsp3) is 0.412. The molecule has 0 radical (unpaired) electrons. The fourth-order valence-corrected chi connectivity index (χ4v) is 7.31. The molecule has 12 nitrogen and oxygen atoms in total. The molecule has 2 aliphatic rings. The molecule has 2 saturated carbocycles. The maximum atomic E-state index is 9.18. The molecule has 6 aromatic rings. The van der Waals surface area contributed by atoms with E-state index >= 15 is 0 Å². The molecule has 6 heterocycles. The first kappa shape index (κ1) is 29.4. The lowest BCUT2D eigenvalue weighted by Gasteiger charge is -2.21. The Morgan fingerprint density at radius 1 is 0.674 bits per heavy atom. The lowest BCUT2D eigenvalue weighted by atomic mass is 9.96. The summed E-state index contributed by atoms with van der Waals surface area (Å²) in [6.07, 6.45) is 25.4. The maximum Gasteiger partial charge on any atom is 0.141 e. The molecule has 12 heteroatoms. The standard InChI is InChI=1S/2C17H18N6/c2*18-7-5-15(12-3-1-2-4-12)23-10-13(9-22-23)16-14-6-8-19-17(14)21-11-20-16/h2*6,8-12,15H,1-5H2,(H,19,20,21)/t2*15-/m10/s1. The molecule has 0 aromatic carbocycles. The van der Waals surface area contributed by atoms with Gasteiger partial charge in [-0.3, -0.25) is 9.36 Å². The number of hydrogen-bond acceptors (Lipinski definition) is 8. The average Bonchev–Trinajstić information content (AvgIpc) is 3.94. The normalized spacial score (nSPS) is 16.7. The Hall–Kier alpha value is -5.36. The highest BCUT2D eigenvalue weighted by Gasteiger charge is 2.28. The molecular weight excluding hydrogens is 576 g/mol. The molecule has 46 heavy (non-hydrogen) atoms. The molecule has 0 saturated heterocycles. The number of hydrogen-bond donors (Lipinski definition) is 2. The minimum atomic E-state index is 0.166. The Balaban J connectivity index is 0.000000147. The Morgan fingerprint density at radius 2 is 1.11 bits per heavy atom. The van der Waals surface area contributed by atoms with Crippen LogP contribution in [0.1, 0.15) is 76.3 Å². The average molecular weight is 613 g/mol. The zero-order valence-corrected chi connectivity index (χ0v) is 25.6. The lowest BCUT2D eigenvalue weighted by Crippen LogP contribution is -2.17. The summed E-state index contributed by atoms with van der Waals surface area (Å²) in [5.41, 5.74) is 5.35. The highest BCUT2D eigenvalue weighted by Crippen LogP contribution is 2.38. The first-order valence-corrected chi connectivity index (χ1v) is 16.1. The minimum Gasteiger partial charge on any atom is -0.346 e. The lowest BCUT2D eigenvalue weighted by molar-refractivity contribution is 0.315. The molecule has 0 amide bonds. The van der Waals surface area contributed by atoms with Crippen LogP contribution < -0.4 is 0 Å². The molecule has 0 spiro atoms. The molecule has 0 bridgehead atoms. The van der Waals surface area contributed by atoms with E-state index in [0.717, 1.165) is 44.6 Å². The van der Waals surface area contributed by atoms with Gasteiger partial charge in [-0.1, -0.05) is 25.7 Å². The molecule has 2 aliphatic carbocycles. The number of nitrogens with zero attached hydrogens (tertiary/aromatic N) is 10. The van der Waals surface area contributed by atoms with Crippen molar-refractivity contribution in [2.24, 2.45) is 11.8 Å². The van der Waals surface area contributed by atoms with Crippen LogP contribution in [0.15, 0.2) is 62.0 Å². The molecule has 0 aliphatic heterocycles. The van der Waals surface area contributed by atoms with E-state index in [9.17, 15) is 10.5 Å². The van der Waals surface area contributed by atoms with Gasteiger partial charge in [-0.05, 0) is 49.7 Å². The van der Waals surface area contributed by atoms with E-state index in [1.807, 2.05) is 58.7 Å². The molecule has 6 aromatic heterocycles. The number of rotatable bonds is 8. The van der Waals surface area contributed by atoms with Crippen molar-refractivity contribution in [3.05, 3.63) is 62.0 Å².